The van der Waals surface area contributed by atoms with E-state index in [0.29, 0.717) is 23.4 Å². The molecule has 2 rings (SSSR count). The normalized spacial score (nSPS) is 23.9. The maximum Gasteiger partial charge on any atom is 0.257 e. The molecule has 106 valence electrons. The van der Waals surface area contributed by atoms with Gasteiger partial charge in [0.15, 0.2) is 0 Å². The van der Waals surface area contributed by atoms with Gasteiger partial charge in [0.05, 0.1) is 17.8 Å². The van der Waals surface area contributed by atoms with Gasteiger partial charge < -0.3 is 14.9 Å². The molecule has 1 fully saturated rings. The Kier molecular flexibility index (Phi) is 4.58. The van der Waals surface area contributed by atoms with Crippen molar-refractivity contribution in [1.82, 2.24) is 10.5 Å². The second-order valence-corrected chi connectivity index (χ2v) is 5.20. The van der Waals surface area contributed by atoms with Crippen LogP contribution in [0, 0.1) is 6.92 Å². The van der Waals surface area contributed by atoms with E-state index in [9.17, 15) is 9.90 Å². The maximum atomic E-state index is 12.3. The van der Waals surface area contributed by atoms with Crippen LogP contribution < -0.4 is 5.32 Å². The molecule has 19 heavy (non-hydrogen) atoms. The van der Waals surface area contributed by atoms with Crippen molar-refractivity contribution in [2.75, 3.05) is 0 Å². The number of carbonyl (C=O) groups excluding carboxylic acids is 1. The predicted molar refractivity (Wildman–Crippen MR) is 71.0 cm³/mol. The van der Waals surface area contributed by atoms with E-state index in [1.807, 2.05) is 6.92 Å². The maximum absolute atomic E-state index is 12.3. The molecule has 2 N–H and O–H groups in total. The SMILES string of the molecule is CCc1noc(C)c1C(=O)NC1CCCCCC1O. The smallest absolute Gasteiger partial charge is 0.257 e. The molecule has 1 aliphatic carbocycles. The van der Waals surface area contributed by atoms with Crippen molar-refractivity contribution in [2.45, 2.75) is 64.5 Å². The Balaban J connectivity index is 2.09. The van der Waals surface area contributed by atoms with Gasteiger partial charge in [-0.05, 0) is 26.2 Å². The topological polar surface area (TPSA) is 75.4 Å². The van der Waals surface area contributed by atoms with Crippen molar-refractivity contribution in [3.05, 3.63) is 17.0 Å². The van der Waals surface area contributed by atoms with Crippen LogP contribution in [-0.4, -0.2) is 28.3 Å². The first kappa shape index (κ1) is 14.1. The van der Waals surface area contributed by atoms with E-state index in [1.165, 1.54) is 0 Å². The summed E-state index contributed by atoms with van der Waals surface area (Å²) in [5.41, 5.74) is 1.21. The summed E-state index contributed by atoms with van der Waals surface area (Å²) in [5.74, 6) is 0.360. The summed E-state index contributed by atoms with van der Waals surface area (Å²) in [7, 11) is 0. The lowest BCUT2D eigenvalue weighted by Crippen LogP contribution is -2.43. The number of amides is 1. The Bertz CT molecular complexity index is 442. The molecular formula is C14H22N2O3. The molecule has 0 spiro atoms. The van der Waals surface area contributed by atoms with Gasteiger partial charge in [-0.25, -0.2) is 0 Å². The standard InChI is InChI=1S/C14H22N2O3/c1-3-10-13(9(2)19-16-10)14(18)15-11-7-5-4-6-8-12(11)17/h11-12,17H,3-8H2,1-2H3,(H,15,18). The third kappa shape index (κ3) is 3.15. The van der Waals surface area contributed by atoms with Gasteiger partial charge in [-0.2, -0.15) is 0 Å². The van der Waals surface area contributed by atoms with Gasteiger partial charge in [-0.1, -0.05) is 31.3 Å². The van der Waals surface area contributed by atoms with Crippen LogP contribution in [0.2, 0.25) is 0 Å². The fraction of sp³-hybridized carbons (Fsp3) is 0.714. The molecule has 0 bridgehead atoms. The quantitative estimate of drug-likeness (QED) is 0.820. The van der Waals surface area contributed by atoms with E-state index >= 15 is 0 Å². The highest BCUT2D eigenvalue weighted by molar-refractivity contribution is 5.96. The van der Waals surface area contributed by atoms with Crippen LogP contribution in [0.5, 0.6) is 0 Å². The second kappa shape index (κ2) is 6.19. The van der Waals surface area contributed by atoms with Crippen LogP contribution in [0.3, 0.4) is 0 Å². The minimum atomic E-state index is -0.448. The Labute approximate surface area is 113 Å². The van der Waals surface area contributed by atoms with Crippen molar-refractivity contribution in [2.24, 2.45) is 0 Å². The monoisotopic (exact) mass is 266 g/mol. The van der Waals surface area contributed by atoms with E-state index in [4.69, 9.17) is 4.52 Å². The second-order valence-electron chi connectivity index (χ2n) is 5.20. The number of nitrogens with one attached hydrogen (secondary N) is 1. The average molecular weight is 266 g/mol. The molecule has 1 aliphatic rings. The van der Waals surface area contributed by atoms with Crippen molar-refractivity contribution in [3.8, 4) is 0 Å². The van der Waals surface area contributed by atoms with E-state index in [2.05, 4.69) is 10.5 Å². The van der Waals surface area contributed by atoms with E-state index in [-0.39, 0.29) is 11.9 Å². The molecular weight excluding hydrogens is 244 g/mol. The minimum Gasteiger partial charge on any atom is -0.391 e. The highest BCUT2D eigenvalue weighted by atomic mass is 16.5. The predicted octanol–water partition coefficient (Wildman–Crippen LogP) is 1.97. The Hall–Kier alpha value is -1.36. The molecule has 0 aromatic carbocycles. The number of aliphatic hydroxyl groups excluding tert-OH is 1. The van der Waals surface area contributed by atoms with Crippen molar-refractivity contribution >= 4 is 5.91 Å². The molecule has 0 radical (unpaired) electrons. The van der Waals surface area contributed by atoms with Gasteiger partial charge >= 0.3 is 0 Å². The van der Waals surface area contributed by atoms with Crippen molar-refractivity contribution in [1.29, 1.82) is 0 Å². The third-order valence-corrected chi connectivity index (χ3v) is 3.79. The highest BCUT2D eigenvalue weighted by Gasteiger charge is 2.26. The number of aromatic nitrogens is 1. The van der Waals surface area contributed by atoms with Crippen molar-refractivity contribution < 1.29 is 14.4 Å². The van der Waals surface area contributed by atoms with E-state index in [0.717, 1.165) is 32.1 Å². The molecule has 1 amide bonds. The molecule has 5 heteroatoms. The molecule has 2 atom stereocenters. The van der Waals surface area contributed by atoms with Crippen LogP contribution in [-0.2, 0) is 6.42 Å². The molecule has 5 nitrogen and oxygen atoms in total. The lowest BCUT2D eigenvalue weighted by Gasteiger charge is -2.21. The van der Waals surface area contributed by atoms with Crippen LogP contribution in [0.15, 0.2) is 4.52 Å². The van der Waals surface area contributed by atoms with Gasteiger partial charge in [0, 0.05) is 0 Å². The van der Waals surface area contributed by atoms with E-state index < -0.39 is 6.10 Å². The van der Waals surface area contributed by atoms with Crippen LogP contribution in [0.4, 0.5) is 0 Å². The summed E-state index contributed by atoms with van der Waals surface area (Å²) in [4.78, 5) is 12.3. The number of aliphatic hydroxyl groups is 1. The largest absolute Gasteiger partial charge is 0.391 e. The number of aryl methyl sites for hydroxylation is 2. The van der Waals surface area contributed by atoms with Crippen LogP contribution in [0.1, 0.15) is 60.8 Å². The average Bonchev–Trinajstić information content (AvgIpc) is 2.66. The number of carbonyl (C=O) groups is 1. The first-order chi connectivity index (χ1) is 9.13. The lowest BCUT2D eigenvalue weighted by atomic mass is 10.0. The highest BCUT2D eigenvalue weighted by Crippen LogP contribution is 2.20. The summed E-state index contributed by atoms with van der Waals surface area (Å²) in [5, 5.41) is 16.9. The Morgan fingerprint density at radius 2 is 2.16 bits per heavy atom. The van der Waals surface area contributed by atoms with Gasteiger partial charge in [-0.15, -0.1) is 0 Å². The number of hydrogen-bond donors (Lipinski definition) is 2. The van der Waals surface area contributed by atoms with Gasteiger partial charge in [0.2, 0.25) is 0 Å². The zero-order valence-electron chi connectivity index (χ0n) is 11.6. The zero-order valence-corrected chi connectivity index (χ0v) is 11.6. The molecule has 1 aromatic rings. The fourth-order valence-corrected chi connectivity index (χ4v) is 2.65. The van der Waals surface area contributed by atoms with Crippen LogP contribution >= 0.6 is 0 Å². The fourth-order valence-electron chi connectivity index (χ4n) is 2.65. The van der Waals surface area contributed by atoms with Crippen molar-refractivity contribution in [3.63, 3.8) is 0 Å². The van der Waals surface area contributed by atoms with Gasteiger partial charge in [0.25, 0.3) is 5.91 Å². The van der Waals surface area contributed by atoms with Gasteiger partial charge in [0.1, 0.15) is 11.3 Å². The molecule has 2 unspecified atom stereocenters. The van der Waals surface area contributed by atoms with Crippen LogP contribution in [0.25, 0.3) is 0 Å². The molecule has 1 aromatic heterocycles. The molecule has 1 saturated carbocycles. The zero-order chi connectivity index (χ0) is 13.8. The summed E-state index contributed by atoms with van der Waals surface area (Å²) in [6.45, 7) is 3.68. The first-order valence-electron chi connectivity index (χ1n) is 7.07. The summed E-state index contributed by atoms with van der Waals surface area (Å²) in [6, 6.07) is -0.158. The van der Waals surface area contributed by atoms with E-state index in [1.54, 1.807) is 6.92 Å². The summed E-state index contributed by atoms with van der Waals surface area (Å²) in [6.07, 6.45) is 5.00. The lowest BCUT2D eigenvalue weighted by molar-refractivity contribution is 0.0816. The summed E-state index contributed by atoms with van der Waals surface area (Å²) < 4.78 is 5.08. The molecule has 0 aliphatic heterocycles. The third-order valence-electron chi connectivity index (χ3n) is 3.79. The first-order valence-corrected chi connectivity index (χ1v) is 7.07. The van der Waals surface area contributed by atoms with Gasteiger partial charge in [-0.3, -0.25) is 4.79 Å². The number of hydrogen-bond acceptors (Lipinski definition) is 4. The molecule has 1 heterocycles. The molecule has 0 saturated heterocycles. The summed E-state index contributed by atoms with van der Waals surface area (Å²) >= 11 is 0. The Morgan fingerprint density at radius 3 is 2.89 bits per heavy atom. The number of rotatable bonds is 3. The number of nitrogens with zero attached hydrogens (tertiary/aromatic N) is 1. The Morgan fingerprint density at radius 1 is 1.42 bits per heavy atom. The minimum absolute atomic E-state index is 0.158.